The van der Waals surface area contributed by atoms with Gasteiger partial charge in [-0.05, 0) is 48.7 Å². The van der Waals surface area contributed by atoms with Crippen LogP contribution in [0.1, 0.15) is 31.4 Å². The molecular formula is C21H21ClF3N3. The van der Waals surface area contributed by atoms with Gasteiger partial charge in [0.1, 0.15) is 0 Å². The number of hydrogen-bond acceptors (Lipinski definition) is 3. The van der Waals surface area contributed by atoms with Gasteiger partial charge in [0.15, 0.2) is 6.29 Å². The highest BCUT2D eigenvalue weighted by atomic mass is 35.5. The summed E-state index contributed by atoms with van der Waals surface area (Å²) in [5.74, 6) is 0. The standard InChI is InChI=1S/C21H21ClF3N3/c1-3-5-6-13(4-2)14-7-9-16(10-8-14)26-20-27-18-12-15(21(23,24)25)11-17(22)19(18)28-20/h3,5-12,20,26-28H,4H2,1-2H3/b5-3-,13-6+. The molecule has 0 spiro atoms. The summed E-state index contributed by atoms with van der Waals surface area (Å²) in [6, 6.07) is 9.87. The molecule has 3 N–H and O–H groups in total. The van der Waals surface area contributed by atoms with Gasteiger partial charge < -0.3 is 16.0 Å². The first-order valence-electron chi connectivity index (χ1n) is 8.94. The lowest BCUT2D eigenvalue weighted by Gasteiger charge is -2.16. The number of alkyl halides is 3. The summed E-state index contributed by atoms with van der Waals surface area (Å²) >= 11 is 6.02. The minimum atomic E-state index is -4.45. The van der Waals surface area contributed by atoms with Gasteiger partial charge in [-0.1, -0.05) is 48.9 Å². The molecule has 0 aromatic heterocycles. The van der Waals surface area contributed by atoms with Gasteiger partial charge >= 0.3 is 6.18 Å². The smallest absolute Gasteiger partial charge is 0.348 e. The van der Waals surface area contributed by atoms with E-state index in [0.717, 1.165) is 29.8 Å². The van der Waals surface area contributed by atoms with Crippen LogP contribution in [0.5, 0.6) is 0 Å². The monoisotopic (exact) mass is 407 g/mol. The number of allylic oxidation sites excluding steroid dienone is 4. The molecule has 0 saturated heterocycles. The lowest BCUT2D eigenvalue weighted by molar-refractivity contribution is -0.137. The van der Waals surface area contributed by atoms with E-state index in [2.05, 4.69) is 29.0 Å². The van der Waals surface area contributed by atoms with E-state index in [1.807, 2.05) is 43.3 Å². The minimum Gasteiger partial charge on any atom is -0.348 e. The van der Waals surface area contributed by atoms with E-state index in [-0.39, 0.29) is 5.02 Å². The van der Waals surface area contributed by atoms with Crippen LogP contribution in [0.25, 0.3) is 5.57 Å². The zero-order valence-corrected chi connectivity index (χ0v) is 16.2. The van der Waals surface area contributed by atoms with Crippen molar-refractivity contribution in [2.75, 3.05) is 16.0 Å². The van der Waals surface area contributed by atoms with Crippen molar-refractivity contribution < 1.29 is 13.2 Å². The zero-order chi connectivity index (χ0) is 20.3. The van der Waals surface area contributed by atoms with Crippen LogP contribution in [-0.4, -0.2) is 6.29 Å². The van der Waals surface area contributed by atoms with E-state index in [0.29, 0.717) is 11.4 Å². The molecule has 1 heterocycles. The van der Waals surface area contributed by atoms with Crippen LogP contribution >= 0.6 is 11.6 Å². The van der Waals surface area contributed by atoms with E-state index in [9.17, 15) is 13.2 Å². The Morgan fingerprint density at radius 3 is 2.50 bits per heavy atom. The molecule has 2 aromatic carbocycles. The highest BCUT2D eigenvalue weighted by Crippen LogP contribution is 2.41. The van der Waals surface area contributed by atoms with Gasteiger partial charge in [-0.3, -0.25) is 0 Å². The Labute approximate surface area is 167 Å². The molecule has 7 heteroatoms. The Bertz CT molecular complexity index is 902. The Morgan fingerprint density at radius 2 is 1.89 bits per heavy atom. The number of fused-ring (bicyclic) bond motifs is 1. The van der Waals surface area contributed by atoms with Crippen molar-refractivity contribution in [2.24, 2.45) is 0 Å². The molecule has 0 amide bonds. The Balaban J connectivity index is 1.72. The van der Waals surface area contributed by atoms with Crippen molar-refractivity contribution in [3.63, 3.8) is 0 Å². The second-order valence-electron chi connectivity index (χ2n) is 6.39. The molecule has 0 bridgehead atoms. The largest absolute Gasteiger partial charge is 0.416 e. The number of benzene rings is 2. The van der Waals surface area contributed by atoms with Crippen molar-refractivity contribution in [3.05, 3.63) is 70.8 Å². The van der Waals surface area contributed by atoms with E-state index in [4.69, 9.17) is 11.6 Å². The third-order valence-electron chi connectivity index (χ3n) is 4.44. The maximum Gasteiger partial charge on any atom is 0.416 e. The normalized spacial score (nSPS) is 16.6. The molecule has 148 valence electrons. The fraction of sp³-hybridized carbons (Fsp3) is 0.238. The number of nitrogens with one attached hydrogen (secondary N) is 3. The highest BCUT2D eigenvalue weighted by Gasteiger charge is 2.34. The summed E-state index contributed by atoms with van der Waals surface area (Å²) in [7, 11) is 0. The van der Waals surface area contributed by atoms with E-state index in [1.165, 1.54) is 5.57 Å². The maximum absolute atomic E-state index is 13.0. The fourth-order valence-corrected chi connectivity index (χ4v) is 3.29. The number of halogens is 4. The maximum atomic E-state index is 13.0. The first kappa shape index (κ1) is 20.1. The van der Waals surface area contributed by atoms with Gasteiger partial charge in [-0.25, -0.2) is 0 Å². The van der Waals surface area contributed by atoms with Crippen LogP contribution in [0.15, 0.2) is 54.6 Å². The molecule has 1 unspecified atom stereocenters. The number of anilines is 3. The molecule has 1 atom stereocenters. The Kier molecular flexibility index (Phi) is 5.89. The SMILES string of the molecule is C/C=C\C=C(/CC)c1ccc(NC2Nc3cc(C(F)(F)F)cc(Cl)c3N2)cc1. The van der Waals surface area contributed by atoms with Gasteiger partial charge in [0, 0.05) is 5.69 Å². The lowest BCUT2D eigenvalue weighted by Crippen LogP contribution is -2.31. The topological polar surface area (TPSA) is 36.1 Å². The predicted molar refractivity (Wildman–Crippen MR) is 111 cm³/mol. The average molecular weight is 408 g/mol. The van der Waals surface area contributed by atoms with Gasteiger partial charge in [-0.15, -0.1) is 0 Å². The predicted octanol–water partition coefficient (Wildman–Crippen LogP) is 6.96. The van der Waals surface area contributed by atoms with E-state index < -0.39 is 18.0 Å². The second kappa shape index (κ2) is 8.19. The zero-order valence-electron chi connectivity index (χ0n) is 15.5. The van der Waals surface area contributed by atoms with Crippen LogP contribution in [0.2, 0.25) is 5.02 Å². The van der Waals surface area contributed by atoms with Crippen molar-refractivity contribution in [3.8, 4) is 0 Å². The third-order valence-corrected chi connectivity index (χ3v) is 4.74. The number of rotatable bonds is 5. The fourth-order valence-electron chi connectivity index (χ4n) is 3.02. The van der Waals surface area contributed by atoms with Gasteiger partial charge in [0.25, 0.3) is 0 Å². The van der Waals surface area contributed by atoms with Crippen molar-refractivity contribution >= 4 is 34.2 Å². The van der Waals surface area contributed by atoms with Gasteiger partial charge in [0.2, 0.25) is 0 Å². The van der Waals surface area contributed by atoms with Gasteiger partial charge in [0.05, 0.1) is 22.0 Å². The van der Waals surface area contributed by atoms with Crippen LogP contribution in [0.4, 0.5) is 30.2 Å². The van der Waals surface area contributed by atoms with Crippen LogP contribution < -0.4 is 16.0 Å². The molecular weight excluding hydrogens is 387 g/mol. The molecule has 1 aliphatic rings. The van der Waals surface area contributed by atoms with Crippen molar-refractivity contribution in [2.45, 2.75) is 32.7 Å². The summed E-state index contributed by atoms with van der Waals surface area (Å²) in [4.78, 5) is 0. The molecule has 2 aromatic rings. The molecule has 28 heavy (non-hydrogen) atoms. The van der Waals surface area contributed by atoms with Crippen LogP contribution in [0, 0.1) is 0 Å². The van der Waals surface area contributed by atoms with Crippen molar-refractivity contribution in [1.29, 1.82) is 0 Å². The lowest BCUT2D eigenvalue weighted by atomic mass is 10.0. The molecule has 3 nitrogen and oxygen atoms in total. The summed E-state index contributed by atoms with van der Waals surface area (Å²) in [6.45, 7) is 4.07. The first-order chi connectivity index (χ1) is 13.3. The van der Waals surface area contributed by atoms with E-state index >= 15 is 0 Å². The first-order valence-corrected chi connectivity index (χ1v) is 9.32. The summed E-state index contributed by atoms with van der Waals surface area (Å²) in [6.07, 6.45) is 2.08. The minimum absolute atomic E-state index is 0.0266. The Hall–Kier alpha value is -2.60. The summed E-state index contributed by atoms with van der Waals surface area (Å²) < 4.78 is 38.9. The summed E-state index contributed by atoms with van der Waals surface area (Å²) in [5, 5.41) is 9.28. The van der Waals surface area contributed by atoms with Crippen molar-refractivity contribution in [1.82, 2.24) is 0 Å². The summed E-state index contributed by atoms with van der Waals surface area (Å²) in [5.41, 5.74) is 3.16. The van der Waals surface area contributed by atoms with Crippen LogP contribution in [-0.2, 0) is 6.18 Å². The van der Waals surface area contributed by atoms with E-state index in [1.54, 1.807) is 0 Å². The molecule has 0 saturated carbocycles. The molecule has 1 aliphatic heterocycles. The molecule has 0 fully saturated rings. The third kappa shape index (κ3) is 4.44. The highest BCUT2D eigenvalue weighted by molar-refractivity contribution is 6.34. The molecule has 0 radical (unpaired) electrons. The molecule has 3 rings (SSSR count). The molecule has 0 aliphatic carbocycles. The van der Waals surface area contributed by atoms with Crippen LogP contribution in [0.3, 0.4) is 0 Å². The Morgan fingerprint density at radius 1 is 1.18 bits per heavy atom. The van der Waals surface area contributed by atoms with Gasteiger partial charge in [-0.2, -0.15) is 13.2 Å². The average Bonchev–Trinajstić information content (AvgIpc) is 3.06. The number of hydrogen-bond donors (Lipinski definition) is 3. The quantitative estimate of drug-likeness (QED) is 0.469. The second-order valence-corrected chi connectivity index (χ2v) is 6.80.